The van der Waals surface area contributed by atoms with Crippen LogP contribution in [-0.2, 0) is 6.61 Å². The van der Waals surface area contributed by atoms with Crippen LogP contribution in [-0.4, -0.2) is 27.7 Å². The van der Waals surface area contributed by atoms with Crippen molar-refractivity contribution in [2.75, 3.05) is 18.7 Å². The van der Waals surface area contributed by atoms with Gasteiger partial charge in [0.15, 0.2) is 5.82 Å². The Labute approximate surface area is 128 Å². The largest absolute Gasteiger partial charge is 0.497 e. The van der Waals surface area contributed by atoms with Crippen molar-refractivity contribution in [1.29, 1.82) is 0 Å². The standard InChI is InChI=1S/C14H20N4O2S/c1-3-4-8-21-14-17-16-13(18(14)15)10-20-12-7-5-6-11(9-12)19-2/h5-7,9H,3-4,8,10,15H2,1-2H3. The van der Waals surface area contributed by atoms with E-state index in [0.717, 1.165) is 24.3 Å². The molecule has 0 radical (unpaired) electrons. The maximum absolute atomic E-state index is 5.97. The lowest BCUT2D eigenvalue weighted by Crippen LogP contribution is -2.15. The van der Waals surface area contributed by atoms with Crippen molar-refractivity contribution < 1.29 is 9.47 Å². The highest BCUT2D eigenvalue weighted by Gasteiger charge is 2.10. The smallest absolute Gasteiger partial charge is 0.209 e. The summed E-state index contributed by atoms with van der Waals surface area (Å²) < 4.78 is 12.3. The monoisotopic (exact) mass is 308 g/mol. The number of thioether (sulfide) groups is 1. The van der Waals surface area contributed by atoms with E-state index in [4.69, 9.17) is 15.3 Å². The van der Waals surface area contributed by atoms with Crippen LogP contribution in [0.5, 0.6) is 11.5 Å². The number of hydrogen-bond acceptors (Lipinski definition) is 6. The van der Waals surface area contributed by atoms with Crippen LogP contribution in [0.25, 0.3) is 0 Å². The Morgan fingerprint density at radius 1 is 1.29 bits per heavy atom. The molecule has 1 aromatic carbocycles. The van der Waals surface area contributed by atoms with Gasteiger partial charge in [-0.05, 0) is 18.6 Å². The van der Waals surface area contributed by atoms with Crippen LogP contribution in [0.4, 0.5) is 0 Å². The van der Waals surface area contributed by atoms with E-state index in [9.17, 15) is 0 Å². The van der Waals surface area contributed by atoms with Gasteiger partial charge in [0, 0.05) is 11.8 Å². The minimum Gasteiger partial charge on any atom is -0.497 e. The van der Waals surface area contributed by atoms with Gasteiger partial charge < -0.3 is 15.3 Å². The van der Waals surface area contributed by atoms with Gasteiger partial charge in [-0.1, -0.05) is 31.2 Å². The van der Waals surface area contributed by atoms with Gasteiger partial charge in [-0.15, -0.1) is 10.2 Å². The Balaban J connectivity index is 1.93. The Morgan fingerprint density at radius 2 is 2.10 bits per heavy atom. The molecule has 0 aliphatic rings. The van der Waals surface area contributed by atoms with Crippen molar-refractivity contribution in [2.45, 2.75) is 31.5 Å². The predicted octanol–water partition coefficient (Wildman–Crippen LogP) is 2.47. The average molecular weight is 308 g/mol. The molecule has 0 unspecified atom stereocenters. The number of methoxy groups -OCH3 is 1. The number of nitrogen functional groups attached to an aromatic ring is 1. The van der Waals surface area contributed by atoms with Crippen LogP contribution in [0.15, 0.2) is 29.4 Å². The molecular formula is C14H20N4O2S. The van der Waals surface area contributed by atoms with Crippen LogP contribution in [0, 0.1) is 0 Å². The molecule has 0 bridgehead atoms. The Hall–Kier alpha value is -1.89. The zero-order valence-corrected chi connectivity index (χ0v) is 13.1. The van der Waals surface area contributed by atoms with Crippen LogP contribution in [0.3, 0.4) is 0 Å². The van der Waals surface area contributed by atoms with Crippen LogP contribution in [0.2, 0.25) is 0 Å². The Morgan fingerprint density at radius 3 is 2.86 bits per heavy atom. The lowest BCUT2D eigenvalue weighted by Gasteiger charge is -2.07. The van der Waals surface area contributed by atoms with Gasteiger partial charge >= 0.3 is 0 Å². The molecule has 0 saturated carbocycles. The summed E-state index contributed by atoms with van der Waals surface area (Å²) in [5, 5.41) is 8.86. The number of ether oxygens (including phenoxy) is 2. The maximum atomic E-state index is 5.97. The molecule has 6 nitrogen and oxygen atoms in total. The number of aromatic nitrogens is 3. The van der Waals surface area contributed by atoms with Crippen molar-refractivity contribution in [3.8, 4) is 11.5 Å². The lowest BCUT2D eigenvalue weighted by molar-refractivity contribution is 0.289. The topological polar surface area (TPSA) is 75.2 Å². The summed E-state index contributed by atoms with van der Waals surface area (Å²) in [6, 6.07) is 7.40. The normalized spacial score (nSPS) is 10.6. The molecule has 114 valence electrons. The molecule has 1 heterocycles. The van der Waals surface area contributed by atoms with Gasteiger partial charge in [0.25, 0.3) is 0 Å². The Bertz CT molecular complexity index is 574. The quantitative estimate of drug-likeness (QED) is 0.459. The van der Waals surface area contributed by atoms with E-state index >= 15 is 0 Å². The highest BCUT2D eigenvalue weighted by Crippen LogP contribution is 2.20. The van der Waals surface area contributed by atoms with E-state index < -0.39 is 0 Å². The molecule has 0 fully saturated rings. The van der Waals surface area contributed by atoms with E-state index in [1.807, 2.05) is 24.3 Å². The highest BCUT2D eigenvalue weighted by atomic mass is 32.2. The highest BCUT2D eigenvalue weighted by molar-refractivity contribution is 7.99. The summed E-state index contributed by atoms with van der Waals surface area (Å²) in [5.41, 5.74) is 0. The fourth-order valence-electron chi connectivity index (χ4n) is 1.65. The summed E-state index contributed by atoms with van der Waals surface area (Å²) in [7, 11) is 1.62. The van der Waals surface area contributed by atoms with Crippen LogP contribution in [0.1, 0.15) is 25.6 Å². The lowest BCUT2D eigenvalue weighted by atomic mass is 10.3. The molecule has 2 N–H and O–H groups in total. The molecule has 0 amide bonds. The zero-order valence-electron chi connectivity index (χ0n) is 12.3. The molecule has 21 heavy (non-hydrogen) atoms. The average Bonchev–Trinajstić information content (AvgIpc) is 2.86. The van der Waals surface area contributed by atoms with Gasteiger partial charge in [-0.25, -0.2) is 4.68 Å². The molecule has 0 atom stereocenters. The summed E-state index contributed by atoms with van der Waals surface area (Å²) in [6.45, 7) is 2.42. The third kappa shape index (κ3) is 4.29. The first kappa shape index (κ1) is 15.5. The number of nitrogens with two attached hydrogens (primary N) is 1. The maximum Gasteiger partial charge on any atom is 0.209 e. The fourth-order valence-corrected chi connectivity index (χ4v) is 2.61. The molecule has 0 aliphatic heterocycles. The molecular weight excluding hydrogens is 288 g/mol. The molecule has 0 aliphatic carbocycles. The minimum absolute atomic E-state index is 0.269. The summed E-state index contributed by atoms with van der Waals surface area (Å²) in [6.07, 6.45) is 2.28. The zero-order chi connectivity index (χ0) is 15.1. The van der Waals surface area contributed by atoms with Crippen molar-refractivity contribution >= 4 is 11.8 Å². The summed E-state index contributed by atoms with van der Waals surface area (Å²) >= 11 is 1.61. The molecule has 1 aromatic heterocycles. The van der Waals surface area contributed by atoms with Gasteiger partial charge in [-0.2, -0.15) is 0 Å². The van der Waals surface area contributed by atoms with Gasteiger partial charge in [0.1, 0.15) is 18.1 Å². The summed E-state index contributed by atoms with van der Waals surface area (Å²) in [5.74, 6) is 9.01. The minimum atomic E-state index is 0.269. The number of benzene rings is 1. The van der Waals surface area contributed by atoms with E-state index in [1.165, 1.54) is 4.68 Å². The van der Waals surface area contributed by atoms with E-state index in [1.54, 1.807) is 18.9 Å². The van der Waals surface area contributed by atoms with Crippen LogP contribution >= 0.6 is 11.8 Å². The number of rotatable bonds is 8. The van der Waals surface area contributed by atoms with Crippen molar-refractivity contribution in [1.82, 2.24) is 14.9 Å². The van der Waals surface area contributed by atoms with Crippen molar-refractivity contribution in [2.24, 2.45) is 0 Å². The number of hydrogen-bond donors (Lipinski definition) is 1. The second kappa shape index (κ2) is 7.78. The third-order valence-electron chi connectivity index (χ3n) is 2.87. The molecule has 2 rings (SSSR count). The van der Waals surface area contributed by atoms with E-state index in [0.29, 0.717) is 16.7 Å². The Kier molecular flexibility index (Phi) is 5.74. The predicted molar refractivity (Wildman–Crippen MR) is 83.1 cm³/mol. The van der Waals surface area contributed by atoms with Gasteiger partial charge in [-0.3, -0.25) is 0 Å². The second-order valence-electron chi connectivity index (χ2n) is 4.44. The van der Waals surface area contributed by atoms with Crippen molar-refractivity contribution in [3.05, 3.63) is 30.1 Å². The molecule has 7 heteroatoms. The van der Waals surface area contributed by atoms with Gasteiger partial charge in [0.05, 0.1) is 7.11 Å². The second-order valence-corrected chi connectivity index (χ2v) is 5.50. The van der Waals surface area contributed by atoms with Gasteiger partial charge in [0.2, 0.25) is 5.16 Å². The first-order valence-electron chi connectivity index (χ1n) is 6.83. The first-order chi connectivity index (χ1) is 10.2. The SMILES string of the molecule is CCCCSc1nnc(COc2cccc(OC)c2)n1N. The van der Waals surface area contributed by atoms with Crippen LogP contribution < -0.4 is 15.3 Å². The number of nitrogens with zero attached hydrogens (tertiary/aromatic N) is 3. The number of unbranched alkanes of at least 4 members (excludes halogenated alkanes) is 1. The van der Waals surface area contributed by atoms with Crippen molar-refractivity contribution in [3.63, 3.8) is 0 Å². The fraction of sp³-hybridized carbons (Fsp3) is 0.429. The summed E-state index contributed by atoms with van der Waals surface area (Å²) in [4.78, 5) is 0. The molecule has 0 saturated heterocycles. The first-order valence-corrected chi connectivity index (χ1v) is 7.82. The van der Waals surface area contributed by atoms with E-state index in [2.05, 4.69) is 17.1 Å². The molecule has 0 spiro atoms. The third-order valence-corrected chi connectivity index (χ3v) is 3.90. The van der Waals surface area contributed by atoms with E-state index in [-0.39, 0.29) is 6.61 Å². The molecule has 2 aromatic rings.